The van der Waals surface area contributed by atoms with Crippen molar-refractivity contribution in [1.82, 2.24) is 0 Å². The van der Waals surface area contributed by atoms with Gasteiger partial charge in [0.2, 0.25) is 0 Å². The van der Waals surface area contributed by atoms with Crippen LogP contribution in [-0.2, 0) is 21.4 Å². The molecule has 0 aliphatic carbocycles. The molecule has 0 aliphatic rings. The molecule has 0 amide bonds. The van der Waals surface area contributed by atoms with Crippen molar-refractivity contribution in [3.63, 3.8) is 0 Å². The highest BCUT2D eigenvalue weighted by atomic mass is 16.5. The van der Waals surface area contributed by atoms with Crippen LogP contribution in [0.25, 0.3) is 0 Å². The van der Waals surface area contributed by atoms with Gasteiger partial charge in [-0.25, -0.2) is 0 Å². The maximum Gasteiger partial charge on any atom is 0.306 e. The van der Waals surface area contributed by atoms with E-state index in [1.807, 2.05) is 12.1 Å². The maximum absolute atomic E-state index is 11.5. The molecule has 0 saturated carbocycles. The average molecular weight is 322 g/mol. The molecule has 4 nitrogen and oxygen atoms in total. The first-order chi connectivity index (χ1) is 10.5. The molecule has 0 radical (unpaired) electrons. The second-order valence-electron chi connectivity index (χ2n) is 7.92. The number of aliphatic hydroxyl groups is 1. The second-order valence-corrected chi connectivity index (χ2v) is 7.92. The van der Waals surface area contributed by atoms with Crippen LogP contribution >= 0.6 is 0 Å². The van der Waals surface area contributed by atoms with Crippen molar-refractivity contribution in [3.05, 3.63) is 29.3 Å². The van der Waals surface area contributed by atoms with Crippen molar-refractivity contribution in [3.8, 4) is 5.75 Å². The molecule has 0 fully saturated rings. The fourth-order valence-electron chi connectivity index (χ4n) is 3.18. The highest BCUT2D eigenvalue weighted by molar-refractivity contribution is 5.69. The zero-order valence-corrected chi connectivity index (χ0v) is 15.0. The zero-order valence-electron chi connectivity index (χ0n) is 15.0. The quantitative estimate of drug-likeness (QED) is 0.753. The summed E-state index contributed by atoms with van der Waals surface area (Å²) in [4.78, 5) is 11.5. The summed E-state index contributed by atoms with van der Waals surface area (Å²) >= 11 is 0. The van der Waals surface area contributed by atoms with Gasteiger partial charge in [-0.1, -0.05) is 46.8 Å². The molecular formula is C19H30O4. The van der Waals surface area contributed by atoms with E-state index in [4.69, 9.17) is 9.84 Å². The number of aryl methyl sites for hydroxylation is 1. The molecule has 0 saturated heterocycles. The third kappa shape index (κ3) is 6.61. The van der Waals surface area contributed by atoms with Gasteiger partial charge >= 0.3 is 5.97 Å². The maximum atomic E-state index is 11.5. The molecule has 0 heterocycles. The summed E-state index contributed by atoms with van der Waals surface area (Å²) in [6.07, 6.45) is 1.77. The Bertz CT molecular complexity index is 527. The lowest BCUT2D eigenvalue weighted by molar-refractivity contribution is -0.144. The van der Waals surface area contributed by atoms with Crippen LogP contribution in [0.3, 0.4) is 0 Å². The van der Waals surface area contributed by atoms with Crippen LogP contribution in [-0.4, -0.2) is 29.4 Å². The molecule has 0 atom stereocenters. The van der Waals surface area contributed by atoms with E-state index < -0.39 is 0 Å². The van der Waals surface area contributed by atoms with Crippen molar-refractivity contribution in [2.45, 2.75) is 59.3 Å². The van der Waals surface area contributed by atoms with Gasteiger partial charge in [0.05, 0.1) is 6.61 Å². The van der Waals surface area contributed by atoms with Crippen LogP contribution < -0.4 is 0 Å². The number of ether oxygens (including phenoxy) is 1. The summed E-state index contributed by atoms with van der Waals surface area (Å²) in [5.74, 6) is -0.0199. The Hall–Kier alpha value is -1.55. The van der Waals surface area contributed by atoms with Gasteiger partial charge in [-0.15, -0.1) is 0 Å². The van der Waals surface area contributed by atoms with E-state index in [2.05, 4.69) is 34.6 Å². The zero-order chi connectivity index (χ0) is 17.7. The van der Waals surface area contributed by atoms with Crippen molar-refractivity contribution >= 4 is 5.97 Å². The first-order valence-electron chi connectivity index (χ1n) is 8.14. The highest BCUT2D eigenvalue weighted by Crippen LogP contribution is 2.40. The van der Waals surface area contributed by atoms with Crippen LogP contribution in [0.15, 0.2) is 18.2 Å². The summed E-state index contributed by atoms with van der Waals surface area (Å²) in [6, 6.07) is 5.53. The number of carbonyl (C=O) groups is 1. The summed E-state index contributed by atoms with van der Waals surface area (Å²) in [7, 11) is 0. The average Bonchev–Trinajstić information content (AvgIpc) is 2.41. The Balaban J connectivity index is 2.85. The molecule has 2 N–H and O–H groups in total. The van der Waals surface area contributed by atoms with E-state index in [0.717, 1.165) is 17.5 Å². The van der Waals surface area contributed by atoms with E-state index in [-0.39, 0.29) is 36.4 Å². The number of phenols is 1. The number of aliphatic hydroxyl groups excluding tert-OH is 1. The van der Waals surface area contributed by atoms with Crippen LogP contribution in [0.5, 0.6) is 5.75 Å². The fraction of sp³-hybridized carbons (Fsp3) is 0.632. The standard InChI is InChI=1S/C19H30O4/c1-18(2,3)13-19(4,5)15-12-14(6-8-16(15)21)7-9-17(22)23-11-10-20/h6,8,12,20-21H,7,9-11,13H2,1-5H3. The third-order valence-corrected chi connectivity index (χ3v) is 3.73. The molecule has 0 aromatic heterocycles. The monoisotopic (exact) mass is 322 g/mol. The smallest absolute Gasteiger partial charge is 0.306 e. The molecule has 1 rings (SSSR count). The number of phenolic OH excluding ortho intramolecular Hbond substituents is 1. The predicted octanol–water partition coefficient (Wildman–Crippen LogP) is 3.57. The van der Waals surface area contributed by atoms with Crippen LogP contribution in [0.4, 0.5) is 0 Å². The lowest BCUT2D eigenvalue weighted by Crippen LogP contribution is -2.25. The molecule has 0 unspecified atom stereocenters. The van der Waals surface area contributed by atoms with Gasteiger partial charge in [0.25, 0.3) is 0 Å². The van der Waals surface area contributed by atoms with Gasteiger partial charge < -0.3 is 14.9 Å². The summed E-state index contributed by atoms with van der Waals surface area (Å²) in [5, 5.41) is 18.9. The Kier molecular flexibility index (Phi) is 6.63. The number of carbonyl (C=O) groups excluding carboxylic acids is 1. The number of esters is 1. The largest absolute Gasteiger partial charge is 0.508 e. The second kappa shape index (κ2) is 7.82. The summed E-state index contributed by atoms with van der Waals surface area (Å²) < 4.78 is 4.86. The SMILES string of the molecule is CC(C)(C)CC(C)(C)c1cc(CCC(=O)OCCO)ccc1O. The Morgan fingerprint density at radius 1 is 1.17 bits per heavy atom. The van der Waals surface area contributed by atoms with Gasteiger partial charge in [-0.2, -0.15) is 0 Å². The summed E-state index contributed by atoms with van der Waals surface area (Å²) in [6.45, 7) is 10.7. The molecule has 4 heteroatoms. The Morgan fingerprint density at radius 2 is 1.83 bits per heavy atom. The highest BCUT2D eigenvalue weighted by Gasteiger charge is 2.29. The number of benzene rings is 1. The Morgan fingerprint density at radius 3 is 2.39 bits per heavy atom. The lowest BCUT2D eigenvalue weighted by atomic mass is 9.71. The summed E-state index contributed by atoms with van der Waals surface area (Å²) in [5.41, 5.74) is 1.91. The molecule has 1 aromatic rings. The van der Waals surface area contributed by atoms with Crippen molar-refractivity contribution in [2.24, 2.45) is 5.41 Å². The molecule has 0 aliphatic heterocycles. The predicted molar refractivity (Wildman–Crippen MR) is 91.6 cm³/mol. The number of rotatable bonds is 7. The van der Waals surface area contributed by atoms with Gasteiger partial charge in [-0.3, -0.25) is 4.79 Å². The van der Waals surface area contributed by atoms with Crippen LogP contribution in [0, 0.1) is 5.41 Å². The minimum absolute atomic E-state index is 0.0400. The van der Waals surface area contributed by atoms with Gasteiger partial charge in [-0.05, 0) is 40.9 Å². The first-order valence-corrected chi connectivity index (χ1v) is 8.14. The molecule has 0 bridgehead atoms. The lowest BCUT2D eigenvalue weighted by Gasteiger charge is -2.33. The van der Waals surface area contributed by atoms with E-state index in [1.54, 1.807) is 6.07 Å². The topological polar surface area (TPSA) is 66.8 Å². The number of hydrogen-bond acceptors (Lipinski definition) is 4. The number of aromatic hydroxyl groups is 1. The van der Waals surface area contributed by atoms with Gasteiger partial charge in [0, 0.05) is 6.42 Å². The Labute approximate surface area is 139 Å². The normalized spacial score (nSPS) is 12.3. The van der Waals surface area contributed by atoms with Crippen molar-refractivity contribution in [1.29, 1.82) is 0 Å². The third-order valence-electron chi connectivity index (χ3n) is 3.73. The van der Waals surface area contributed by atoms with Crippen LogP contribution in [0.2, 0.25) is 0 Å². The van der Waals surface area contributed by atoms with Crippen LogP contribution in [0.1, 0.15) is 58.6 Å². The van der Waals surface area contributed by atoms with Gasteiger partial charge in [0.15, 0.2) is 0 Å². The van der Waals surface area contributed by atoms with Gasteiger partial charge in [0.1, 0.15) is 12.4 Å². The van der Waals surface area contributed by atoms with Crippen molar-refractivity contribution in [2.75, 3.05) is 13.2 Å². The van der Waals surface area contributed by atoms with E-state index in [9.17, 15) is 9.90 Å². The molecular weight excluding hydrogens is 292 g/mol. The van der Waals surface area contributed by atoms with Crippen molar-refractivity contribution < 1.29 is 19.7 Å². The minimum Gasteiger partial charge on any atom is -0.508 e. The number of hydrogen-bond donors (Lipinski definition) is 2. The molecule has 23 heavy (non-hydrogen) atoms. The first kappa shape index (κ1) is 19.5. The van der Waals surface area contributed by atoms with E-state index in [1.165, 1.54) is 0 Å². The molecule has 0 spiro atoms. The van der Waals surface area contributed by atoms with E-state index >= 15 is 0 Å². The fourth-order valence-corrected chi connectivity index (χ4v) is 3.18. The molecule has 130 valence electrons. The minimum atomic E-state index is -0.317. The molecule has 1 aromatic carbocycles. The van der Waals surface area contributed by atoms with E-state index in [0.29, 0.717) is 12.2 Å².